The average molecular weight is 319 g/mol. The van der Waals surface area contributed by atoms with E-state index in [0.717, 1.165) is 0 Å². The molecule has 2 rings (SSSR count). The number of ether oxygens (including phenoxy) is 1. The highest BCUT2D eigenvalue weighted by Crippen LogP contribution is 2.67. The molecule has 0 aromatic heterocycles. The van der Waals surface area contributed by atoms with Gasteiger partial charge in [0.25, 0.3) is 5.92 Å². The molecule has 2 aliphatic carbocycles. The van der Waals surface area contributed by atoms with Crippen molar-refractivity contribution in [2.45, 2.75) is 83.0 Å². The van der Waals surface area contributed by atoms with Gasteiger partial charge in [0.05, 0.1) is 0 Å². The van der Waals surface area contributed by atoms with Gasteiger partial charge in [0.1, 0.15) is 5.60 Å². The van der Waals surface area contributed by atoms with Crippen molar-refractivity contribution < 1.29 is 23.4 Å². The van der Waals surface area contributed by atoms with Gasteiger partial charge in [-0.3, -0.25) is 0 Å². The summed E-state index contributed by atoms with van der Waals surface area (Å²) in [6, 6.07) is 0.0657. The first-order valence-corrected chi connectivity index (χ1v) is 7.94. The molecule has 2 fully saturated rings. The minimum atomic E-state index is -2.49. The lowest BCUT2D eigenvalue weighted by Crippen LogP contribution is -2.51. The molecule has 0 radical (unpaired) electrons. The fourth-order valence-electron chi connectivity index (χ4n) is 3.10. The molecule has 0 aromatic carbocycles. The summed E-state index contributed by atoms with van der Waals surface area (Å²) >= 11 is 0. The molecule has 0 bridgehead atoms. The highest BCUT2D eigenvalue weighted by molar-refractivity contribution is 5.79. The molecule has 4 nitrogen and oxygen atoms in total. The van der Waals surface area contributed by atoms with Crippen LogP contribution in [0.4, 0.5) is 8.78 Å². The van der Waals surface area contributed by atoms with Crippen molar-refractivity contribution in [3.05, 3.63) is 0 Å². The molecule has 128 valence electrons. The SMILES string of the molecule is CC(C)(C)OC(=O)C(C)(O)CNC1CCC2(CC1)CC2(F)F. The van der Waals surface area contributed by atoms with E-state index in [-0.39, 0.29) is 19.0 Å². The second-order valence-electron chi connectivity index (χ2n) is 8.09. The number of rotatable bonds is 4. The number of alkyl halides is 2. The molecule has 2 saturated carbocycles. The first-order valence-electron chi connectivity index (χ1n) is 7.94. The highest BCUT2D eigenvalue weighted by Gasteiger charge is 2.70. The van der Waals surface area contributed by atoms with E-state index in [1.165, 1.54) is 6.92 Å². The molecular weight excluding hydrogens is 292 g/mol. The Kier molecular flexibility index (Phi) is 4.33. The first-order chi connectivity index (χ1) is 9.87. The van der Waals surface area contributed by atoms with Crippen molar-refractivity contribution in [3.63, 3.8) is 0 Å². The molecule has 0 aromatic rings. The molecule has 1 spiro atoms. The zero-order chi connectivity index (χ0) is 16.8. The van der Waals surface area contributed by atoms with Gasteiger partial charge < -0.3 is 15.2 Å². The van der Waals surface area contributed by atoms with Gasteiger partial charge in [0.15, 0.2) is 5.60 Å². The van der Waals surface area contributed by atoms with Crippen LogP contribution in [0, 0.1) is 5.41 Å². The average Bonchev–Trinajstić information content (AvgIpc) is 2.87. The van der Waals surface area contributed by atoms with Crippen molar-refractivity contribution in [2.24, 2.45) is 5.41 Å². The van der Waals surface area contributed by atoms with Gasteiger partial charge in [0, 0.05) is 24.4 Å². The topological polar surface area (TPSA) is 58.6 Å². The summed E-state index contributed by atoms with van der Waals surface area (Å²) in [5.74, 6) is -3.16. The second kappa shape index (κ2) is 5.41. The zero-order valence-corrected chi connectivity index (χ0v) is 13.8. The van der Waals surface area contributed by atoms with Crippen molar-refractivity contribution >= 4 is 5.97 Å². The van der Waals surface area contributed by atoms with Crippen LogP contribution in [0.2, 0.25) is 0 Å². The summed E-state index contributed by atoms with van der Waals surface area (Å²) in [4.78, 5) is 11.9. The van der Waals surface area contributed by atoms with E-state index in [1.54, 1.807) is 20.8 Å². The summed E-state index contributed by atoms with van der Waals surface area (Å²) in [5, 5.41) is 13.3. The van der Waals surface area contributed by atoms with Crippen molar-refractivity contribution in [3.8, 4) is 0 Å². The summed E-state index contributed by atoms with van der Waals surface area (Å²) in [6.07, 6.45) is 2.33. The summed E-state index contributed by atoms with van der Waals surface area (Å²) in [7, 11) is 0. The van der Waals surface area contributed by atoms with Crippen LogP contribution in [0.1, 0.15) is 59.8 Å². The minimum Gasteiger partial charge on any atom is -0.458 e. The number of hydrogen-bond acceptors (Lipinski definition) is 4. The van der Waals surface area contributed by atoms with Crippen LogP contribution in [0.15, 0.2) is 0 Å². The van der Waals surface area contributed by atoms with Gasteiger partial charge in [-0.05, 0) is 53.4 Å². The van der Waals surface area contributed by atoms with Gasteiger partial charge in [-0.1, -0.05) is 0 Å². The van der Waals surface area contributed by atoms with Crippen molar-refractivity contribution in [1.82, 2.24) is 5.32 Å². The van der Waals surface area contributed by atoms with Gasteiger partial charge in [0.2, 0.25) is 0 Å². The third-order valence-corrected chi connectivity index (χ3v) is 4.73. The zero-order valence-electron chi connectivity index (χ0n) is 13.8. The molecule has 0 aliphatic heterocycles. The van der Waals surface area contributed by atoms with Crippen LogP contribution in [0.3, 0.4) is 0 Å². The Morgan fingerprint density at radius 1 is 1.27 bits per heavy atom. The molecule has 0 amide bonds. The van der Waals surface area contributed by atoms with Gasteiger partial charge >= 0.3 is 5.97 Å². The van der Waals surface area contributed by atoms with Crippen LogP contribution in [-0.2, 0) is 9.53 Å². The Morgan fingerprint density at radius 3 is 2.18 bits per heavy atom. The van der Waals surface area contributed by atoms with E-state index in [0.29, 0.717) is 25.7 Å². The fraction of sp³-hybridized carbons (Fsp3) is 0.938. The Bertz CT molecular complexity index is 435. The minimum absolute atomic E-state index is 0.0162. The first kappa shape index (κ1) is 17.6. The monoisotopic (exact) mass is 319 g/mol. The number of esters is 1. The smallest absolute Gasteiger partial charge is 0.339 e. The van der Waals surface area contributed by atoms with Crippen LogP contribution in [0.25, 0.3) is 0 Å². The number of hydrogen-bond donors (Lipinski definition) is 2. The molecule has 1 atom stereocenters. The maximum Gasteiger partial charge on any atom is 0.339 e. The summed E-state index contributed by atoms with van der Waals surface area (Å²) in [6.45, 7) is 6.70. The van der Waals surface area contributed by atoms with Crippen LogP contribution >= 0.6 is 0 Å². The molecule has 0 saturated heterocycles. The quantitative estimate of drug-likeness (QED) is 0.782. The fourth-order valence-corrected chi connectivity index (χ4v) is 3.10. The summed E-state index contributed by atoms with van der Waals surface area (Å²) in [5.41, 5.74) is -3.04. The van der Waals surface area contributed by atoms with E-state index in [1.807, 2.05) is 0 Å². The maximum absolute atomic E-state index is 13.3. The van der Waals surface area contributed by atoms with Crippen molar-refractivity contribution in [1.29, 1.82) is 0 Å². The third-order valence-electron chi connectivity index (χ3n) is 4.73. The van der Waals surface area contributed by atoms with Gasteiger partial charge in [-0.2, -0.15) is 0 Å². The van der Waals surface area contributed by atoms with E-state index in [4.69, 9.17) is 4.74 Å². The lowest BCUT2D eigenvalue weighted by Gasteiger charge is -2.32. The third kappa shape index (κ3) is 3.77. The number of halogens is 2. The number of aliphatic hydroxyl groups is 1. The number of carbonyl (C=O) groups is 1. The second-order valence-corrected chi connectivity index (χ2v) is 8.09. The van der Waals surface area contributed by atoms with Crippen molar-refractivity contribution in [2.75, 3.05) is 6.54 Å². The van der Waals surface area contributed by atoms with E-state index in [9.17, 15) is 18.7 Å². The lowest BCUT2D eigenvalue weighted by molar-refractivity contribution is -0.175. The van der Waals surface area contributed by atoms with Crippen LogP contribution < -0.4 is 5.32 Å². The lowest BCUT2D eigenvalue weighted by atomic mass is 9.82. The summed E-state index contributed by atoms with van der Waals surface area (Å²) < 4.78 is 31.8. The molecule has 6 heteroatoms. The molecule has 2 N–H and O–H groups in total. The molecule has 22 heavy (non-hydrogen) atoms. The van der Waals surface area contributed by atoms with E-state index in [2.05, 4.69) is 5.32 Å². The van der Waals surface area contributed by atoms with Gasteiger partial charge in [-0.25, -0.2) is 13.6 Å². The normalized spacial score (nSPS) is 33.3. The highest BCUT2D eigenvalue weighted by atomic mass is 19.3. The number of carbonyl (C=O) groups excluding carboxylic acids is 1. The van der Waals surface area contributed by atoms with E-state index < -0.39 is 28.5 Å². The van der Waals surface area contributed by atoms with Gasteiger partial charge in [-0.15, -0.1) is 0 Å². The maximum atomic E-state index is 13.3. The number of nitrogens with one attached hydrogen (secondary N) is 1. The standard InChI is InChI=1S/C16H27F2NO3/c1-13(2,3)22-12(20)14(4,21)10-19-11-5-7-15(8-6-11)9-16(15,17)18/h11,19,21H,5-10H2,1-4H3. The van der Waals surface area contributed by atoms with E-state index >= 15 is 0 Å². The Morgan fingerprint density at radius 2 is 1.77 bits per heavy atom. The molecule has 0 heterocycles. The predicted octanol–water partition coefficient (Wildman–Crippen LogP) is 2.64. The predicted molar refractivity (Wildman–Crippen MR) is 78.7 cm³/mol. The van der Waals surface area contributed by atoms with Crippen LogP contribution in [-0.4, -0.2) is 40.8 Å². The largest absolute Gasteiger partial charge is 0.458 e. The van der Waals surface area contributed by atoms with Crippen LogP contribution in [0.5, 0.6) is 0 Å². The molecule has 1 unspecified atom stereocenters. The Balaban J connectivity index is 1.77. The molecular formula is C16H27F2NO3. The molecule has 2 aliphatic rings. The Labute approximate surface area is 130 Å². The Hall–Kier alpha value is -0.750.